The SMILES string of the molecule is CCNC(=NCC(C)(O)c1ccco1)NCC1(c2ccc3c(c2)OCO3)CCOCC1.I. The van der Waals surface area contributed by atoms with E-state index in [1.807, 2.05) is 13.0 Å². The van der Waals surface area contributed by atoms with Crippen molar-refractivity contribution in [1.29, 1.82) is 0 Å². The molecule has 1 saturated heterocycles. The number of nitrogens with zero attached hydrogens (tertiary/aromatic N) is 1. The molecule has 4 rings (SSSR count). The minimum absolute atomic E-state index is 0. The maximum absolute atomic E-state index is 10.7. The van der Waals surface area contributed by atoms with E-state index in [0.717, 1.165) is 30.9 Å². The molecule has 9 heteroatoms. The number of halogens is 1. The molecule has 2 aromatic rings. The molecule has 1 atom stereocenters. The zero-order valence-corrected chi connectivity index (χ0v) is 20.9. The van der Waals surface area contributed by atoms with Crippen LogP contribution in [0.5, 0.6) is 11.5 Å². The molecule has 0 amide bonds. The highest BCUT2D eigenvalue weighted by Crippen LogP contribution is 2.40. The highest BCUT2D eigenvalue weighted by molar-refractivity contribution is 14.0. The van der Waals surface area contributed by atoms with E-state index in [2.05, 4.69) is 27.8 Å². The summed E-state index contributed by atoms with van der Waals surface area (Å²) in [6, 6.07) is 9.70. The van der Waals surface area contributed by atoms with Crippen molar-refractivity contribution < 1.29 is 23.7 Å². The molecule has 0 bridgehead atoms. The van der Waals surface area contributed by atoms with Crippen LogP contribution in [0.3, 0.4) is 0 Å². The summed E-state index contributed by atoms with van der Waals surface area (Å²) in [6.45, 7) is 6.97. The molecular weight excluding hydrogens is 525 g/mol. The topological polar surface area (TPSA) is 97.5 Å². The fourth-order valence-corrected chi connectivity index (χ4v) is 4.05. The summed E-state index contributed by atoms with van der Waals surface area (Å²) in [5.41, 5.74) is -0.0932. The summed E-state index contributed by atoms with van der Waals surface area (Å²) in [6.07, 6.45) is 3.34. The number of hydrogen-bond acceptors (Lipinski definition) is 6. The predicted molar refractivity (Wildman–Crippen MR) is 132 cm³/mol. The first-order valence-corrected chi connectivity index (χ1v) is 10.8. The second-order valence-electron chi connectivity index (χ2n) is 8.26. The maximum atomic E-state index is 10.7. The molecule has 0 aliphatic carbocycles. The highest BCUT2D eigenvalue weighted by atomic mass is 127. The van der Waals surface area contributed by atoms with Gasteiger partial charge in [-0.05, 0) is 56.5 Å². The maximum Gasteiger partial charge on any atom is 0.231 e. The number of furan rings is 1. The lowest BCUT2D eigenvalue weighted by Gasteiger charge is -2.38. The number of nitrogens with one attached hydrogen (secondary N) is 2. The van der Waals surface area contributed by atoms with Gasteiger partial charge in [0.15, 0.2) is 17.5 Å². The van der Waals surface area contributed by atoms with Gasteiger partial charge in [-0.1, -0.05) is 6.07 Å². The zero-order chi connectivity index (χ0) is 21.7. The quantitative estimate of drug-likeness (QED) is 0.274. The standard InChI is InChI=1S/C23H31N3O5.HI/c1-3-24-21(25-14-22(2,27)20-5-4-10-29-20)26-15-23(8-11-28-12-9-23)17-6-7-18-19(13-17)31-16-30-18;/h4-7,10,13,27H,3,8-9,11-12,14-16H2,1-2H3,(H2,24,25,26);1H. The first-order chi connectivity index (χ1) is 15.0. The third-order valence-corrected chi connectivity index (χ3v) is 5.97. The molecule has 0 radical (unpaired) electrons. The Balaban J connectivity index is 0.00000289. The Morgan fingerprint density at radius 3 is 2.66 bits per heavy atom. The number of rotatable bonds is 7. The van der Waals surface area contributed by atoms with Crippen molar-refractivity contribution in [2.24, 2.45) is 4.99 Å². The zero-order valence-electron chi connectivity index (χ0n) is 18.6. The van der Waals surface area contributed by atoms with Crippen LogP contribution in [0.4, 0.5) is 0 Å². The smallest absolute Gasteiger partial charge is 0.231 e. The number of fused-ring (bicyclic) bond motifs is 1. The monoisotopic (exact) mass is 557 g/mol. The molecule has 0 saturated carbocycles. The molecule has 1 unspecified atom stereocenters. The first-order valence-electron chi connectivity index (χ1n) is 10.8. The molecular formula is C23H32IN3O5. The highest BCUT2D eigenvalue weighted by Gasteiger charge is 2.36. The molecule has 1 aromatic heterocycles. The van der Waals surface area contributed by atoms with E-state index < -0.39 is 5.60 Å². The lowest BCUT2D eigenvalue weighted by Crippen LogP contribution is -2.48. The van der Waals surface area contributed by atoms with Crippen molar-refractivity contribution in [2.45, 2.75) is 37.7 Å². The van der Waals surface area contributed by atoms with Crippen molar-refractivity contribution in [3.05, 3.63) is 47.9 Å². The summed E-state index contributed by atoms with van der Waals surface area (Å²) in [7, 11) is 0. The Hall–Kier alpha value is -1.98. The minimum Gasteiger partial charge on any atom is -0.466 e. The average molecular weight is 557 g/mol. The van der Waals surface area contributed by atoms with Crippen LogP contribution in [0.2, 0.25) is 0 Å². The van der Waals surface area contributed by atoms with Crippen molar-refractivity contribution in [1.82, 2.24) is 10.6 Å². The Labute approximate surface area is 205 Å². The second kappa shape index (κ2) is 10.8. The Morgan fingerprint density at radius 1 is 1.16 bits per heavy atom. The normalized spacial score (nSPS) is 19.0. The van der Waals surface area contributed by atoms with E-state index in [4.69, 9.17) is 18.6 Å². The summed E-state index contributed by atoms with van der Waals surface area (Å²) in [5, 5.41) is 17.5. The fourth-order valence-electron chi connectivity index (χ4n) is 4.05. The summed E-state index contributed by atoms with van der Waals surface area (Å²) < 4.78 is 22.1. The molecule has 8 nitrogen and oxygen atoms in total. The Morgan fingerprint density at radius 2 is 1.94 bits per heavy atom. The van der Waals surface area contributed by atoms with Gasteiger partial charge in [0, 0.05) is 31.7 Å². The van der Waals surface area contributed by atoms with Crippen LogP contribution in [0.25, 0.3) is 0 Å². The second-order valence-corrected chi connectivity index (χ2v) is 8.26. The van der Waals surface area contributed by atoms with Crippen LogP contribution < -0.4 is 20.1 Å². The summed E-state index contributed by atoms with van der Waals surface area (Å²) in [4.78, 5) is 4.62. The van der Waals surface area contributed by atoms with Crippen LogP contribution in [0.15, 0.2) is 46.0 Å². The third kappa shape index (κ3) is 5.49. The van der Waals surface area contributed by atoms with Crippen LogP contribution in [0.1, 0.15) is 38.0 Å². The molecule has 3 N–H and O–H groups in total. The number of aliphatic imine (C=N–C) groups is 1. The van der Waals surface area contributed by atoms with Crippen LogP contribution in [-0.4, -0.2) is 50.7 Å². The van der Waals surface area contributed by atoms with Gasteiger partial charge in [-0.25, -0.2) is 4.99 Å². The van der Waals surface area contributed by atoms with Gasteiger partial charge in [0.25, 0.3) is 0 Å². The lowest BCUT2D eigenvalue weighted by atomic mass is 9.74. The van der Waals surface area contributed by atoms with Crippen molar-refractivity contribution in [3.63, 3.8) is 0 Å². The number of guanidine groups is 1. The van der Waals surface area contributed by atoms with Gasteiger partial charge >= 0.3 is 0 Å². The first kappa shape index (κ1) is 24.7. The van der Waals surface area contributed by atoms with E-state index in [1.54, 1.807) is 25.3 Å². The minimum atomic E-state index is -1.18. The van der Waals surface area contributed by atoms with Gasteiger partial charge in [0.05, 0.1) is 12.8 Å². The Kier molecular flexibility index (Phi) is 8.29. The van der Waals surface area contributed by atoms with Gasteiger partial charge < -0.3 is 34.4 Å². The molecule has 176 valence electrons. The fraction of sp³-hybridized carbons (Fsp3) is 0.522. The van der Waals surface area contributed by atoms with Gasteiger partial charge in [0.2, 0.25) is 6.79 Å². The van der Waals surface area contributed by atoms with Crippen molar-refractivity contribution in [2.75, 3.05) is 39.6 Å². The number of benzene rings is 1. The van der Waals surface area contributed by atoms with Gasteiger partial charge in [-0.15, -0.1) is 24.0 Å². The third-order valence-electron chi connectivity index (χ3n) is 5.97. The number of hydrogen-bond donors (Lipinski definition) is 3. The molecule has 32 heavy (non-hydrogen) atoms. The van der Waals surface area contributed by atoms with E-state index in [9.17, 15) is 5.11 Å². The van der Waals surface area contributed by atoms with E-state index in [-0.39, 0.29) is 42.7 Å². The Bertz CT molecular complexity index is 895. The molecule has 3 heterocycles. The molecule has 2 aliphatic heterocycles. The van der Waals surface area contributed by atoms with Crippen molar-refractivity contribution in [3.8, 4) is 11.5 Å². The number of ether oxygens (including phenoxy) is 3. The molecule has 2 aliphatic rings. The predicted octanol–water partition coefficient (Wildman–Crippen LogP) is 3.14. The van der Waals surface area contributed by atoms with Crippen LogP contribution >= 0.6 is 24.0 Å². The average Bonchev–Trinajstić information content (AvgIpc) is 3.48. The summed E-state index contributed by atoms with van der Waals surface area (Å²) >= 11 is 0. The van der Waals surface area contributed by atoms with Gasteiger partial charge in [-0.3, -0.25) is 0 Å². The van der Waals surface area contributed by atoms with E-state index in [0.29, 0.717) is 31.5 Å². The lowest BCUT2D eigenvalue weighted by molar-refractivity contribution is 0.0435. The largest absolute Gasteiger partial charge is 0.466 e. The van der Waals surface area contributed by atoms with Crippen LogP contribution in [-0.2, 0) is 15.8 Å². The molecule has 1 aromatic carbocycles. The van der Waals surface area contributed by atoms with E-state index in [1.165, 1.54) is 5.56 Å². The molecule has 1 fully saturated rings. The van der Waals surface area contributed by atoms with Crippen molar-refractivity contribution >= 4 is 29.9 Å². The van der Waals surface area contributed by atoms with Gasteiger partial charge in [-0.2, -0.15) is 0 Å². The van der Waals surface area contributed by atoms with E-state index >= 15 is 0 Å². The number of aliphatic hydroxyl groups is 1. The van der Waals surface area contributed by atoms with Gasteiger partial charge in [0.1, 0.15) is 11.4 Å². The molecule has 0 spiro atoms. The van der Waals surface area contributed by atoms with Crippen LogP contribution in [0, 0.1) is 0 Å². The summed E-state index contributed by atoms with van der Waals surface area (Å²) in [5.74, 6) is 2.72.